The van der Waals surface area contributed by atoms with Crippen LogP contribution in [0.2, 0.25) is 0 Å². The summed E-state index contributed by atoms with van der Waals surface area (Å²) in [6.45, 7) is 7.30. The number of rotatable bonds is 8. The molecule has 5 atom stereocenters. The minimum atomic E-state index is -0.697. The van der Waals surface area contributed by atoms with Crippen LogP contribution in [0, 0.1) is 29.6 Å². The SMILES string of the molecule is CC(C)C1CC[C@@H](C)C[C@H]1[C@H](C(=O)O)C(NCc1ccccn1)c1ccccc1.Cl.Cl. The number of benzene rings is 1. The van der Waals surface area contributed by atoms with Crippen LogP contribution in [0.5, 0.6) is 0 Å². The molecule has 0 saturated heterocycles. The molecule has 4 nitrogen and oxygen atoms in total. The van der Waals surface area contributed by atoms with E-state index in [9.17, 15) is 9.90 Å². The van der Waals surface area contributed by atoms with Gasteiger partial charge in [-0.05, 0) is 54.2 Å². The molecule has 0 spiro atoms. The van der Waals surface area contributed by atoms with E-state index in [2.05, 4.69) is 31.1 Å². The summed E-state index contributed by atoms with van der Waals surface area (Å²) in [4.78, 5) is 17.1. The third-order valence-corrected chi connectivity index (χ3v) is 6.57. The Kier molecular flexibility index (Phi) is 11.5. The van der Waals surface area contributed by atoms with Gasteiger partial charge in [-0.2, -0.15) is 0 Å². The van der Waals surface area contributed by atoms with Crippen LogP contribution in [-0.2, 0) is 11.3 Å². The number of halogens is 2. The maximum atomic E-state index is 12.6. The van der Waals surface area contributed by atoms with E-state index in [0.29, 0.717) is 24.3 Å². The number of carboxylic acid groups (broad SMARTS) is 1. The molecule has 1 fully saturated rings. The van der Waals surface area contributed by atoms with Crippen LogP contribution >= 0.6 is 24.8 Å². The summed E-state index contributed by atoms with van der Waals surface area (Å²) in [6, 6.07) is 15.7. The van der Waals surface area contributed by atoms with Crippen molar-refractivity contribution in [1.29, 1.82) is 0 Å². The fraction of sp³-hybridized carbons (Fsp3) is 0.520. The largest absolute Gasteiger partial charge is 0.481 e. The fourth-order valence-corrected chi connectivity index (χ4v) is 5.09. The minimum Gasteiger partial charge on any atom is -0.481 e. The Morgan fingerprint density at radius 3 is 2.32 bits per heavy atom. The van der Waals surface area contributed by atoms with Crippen LogP contribution in [0.15, 0.2) is 54.7 Å². The number of carbonyl (C=O) groups is 1. The highest BCUT2D eigenvalue weighted by molar-refractivity contribution is 5.85. The molecule has 172 valence electrons. The quantitative estimate of drug-likeness (QED) is 0.488. The molecular formula is C25H36Cl2N2O2. The van der Waals surface area contributed by atoms with Gasteiger partial charge in [0.25, 0.3) is 0 Å². The molecule has 0 bridgehead atoms. The molecule has 2 N–H and O–H groups in total. The second-order valence-corrected chi connectivity index (χ2v) is 8.94. The van der Waals surface area contributed by atoms with E-state index in [0.717, 1.165) is 24.1 Å². The summed E-state index contributed by atoms with van der Waals surface area (Å²) >= 11 is 0. The number of hydrogen-bond acceptors (Lipinski definition) is 3. The highest BCUT2D eigenvalue weighted by atomic mass is 35.5. The summed E-state index contributed by atoms with van der Waals surface area (Å²) in [5.41, 5.74) is 1.96. The molecule has 1 aromatic heterocycles. The van der Waals surface area contributed by atoms with Crippen LogP contribution in [-0.4, -0.2) is 16.1 Å². The smallest absolute Gasteiger partial charge is 0.308 e. The number of carboxylic acids is 1. The molecule has 1 heterocycles. The Morgan fingerprint density at radius 2 is 1.74 bits per heavy atom. The molecule has 1 aromatic carbocycles. The molecule has 3 rings (SSSR count). The van der Waals surface area contributed by atoms with Crippen LogP contribution in [0.3, 0.4) is 0 Å². The van der Waals surface area contributed by atoms with Gasteiger partial charge in [0.05, 0.1) is 11.6 Å². The van der Waals surface area contributed by atoms with Gasteiger partial charge in [0.1, 0.15) is 0 Å². The molecular weight excluding hydrogens is 431 g/mol. The van der Waals surface area contributed by atoms with Crippen molar-refractivity contribution >= 4 is 30.8 Å². The van der Waals surface area contributed by atoms with Crippen molar-refractivity contribution in [3.8, 4) is 0 Å². The van der Waals surface area contributed by atoms with Gasteiger partial charge in [-0.3, -0.25) is 9.78 Å². The lowest BCUT2D eigenvalue weighted by Crippen LogP contribution is -2.43. The lowest BCUT2D eigenvalue weighted by molar-refractivity contribution is -0.147. The lowest BCUT2D eigenvalue weighted by Gasteiger charge is -2.43. The number of nitrogens with zero attached hydrogens (tertiary/aromatic N) is 1. The lowest BCUT2D eigenvalue weighted by atomic mass is 9.63. The number of nitrogens with one attached hydrogen (secondary N) is 1. The van der Waals surface area contributed by atoms with Gasteiger partial charge in [0, 0.05) is 18.8 Å². The molecule has 1 aliphatic carbocycles. The average Bonchev–Trinajstić information content (AvgIpc) is 2.72. The predicted octanol–water partition coefficient (Wildman–Crippen LogP) is 6.17. The monoisotopic (exact) mass is 466 g/mol. The van der Waals surface area contributed by atoms with Crippen molar-refractivity contribution in [2.45, 2.75) is 52.6 Å². The van der Waals surface area contributed by atoms with Crippen LogP contribution < -0.4 is 5.32 Å². The molecule has 31 heavy (non-hydrogen) atoms. The first-order chi connectivity index (χ1) is 14.0. The maximum Gasteiger partial charge on any atom is 0.308 e. The summed E-state index contributed by atoms with van der Waals surface area (Å²) < 4.78 is 0. The van der Waals surface area contributed by atoms with Crippen molar-refractivity contribution in [3.63, 3.8) is 0 Å². The maximum absolute atomic E-state index is 12.6. The second-order valence-electron chi connectivity index (χ2n) is 8.94. The molecule has 0 aliphatic heterocycles. The van der Waals surface area contributed by atoms with Crippen LogP contribution in [0.1, 0.15) is 57.3 Å². The standard InChI is InChI=1S/C25H34N2O2.2ClH/c1-17(2)21-13-12-18(3)15-22(21)23(25(28)29)24(19-9-5-4-6-10-19)27-16-20-11-7-8-14-26-20;;/h4-11,14,17-18,21-24,27H,12-13,15-16H2,1-3H3,(H,28,29);2*1H/t18-,21?,22-,23+,24?;;/m1../s1. The molecule has 1 saturated carbocycles. The van der Waals surface area contributed by atoms with Gasteiger partial charge in [-0.25, -0.2) is 0 Å². The molecule has 6 heteroatoms. The summed E-state index contributed by atoms with van der Waals surface area (Å²) in [7, 11) is 0. The van der Waals surface area contributed by atoms with E-state index in [1.165, 1.54) is 6.42 Å². The number of hydrogen-bond donors (Lipinski definition) is 2. The zero-order valence-electron chi connectivity index (χ0n) is 18.6. The second kappa shape index (κ2) is 13.0. The van der Waals surface area contributed by atoms with Crippen molar-refractivity contribution < 1.29 is 9.90 Å². The van der Waals surface area contributed by atoms with Crippen molar-refractivity contribution in [3.05, 3.63) is 66.0 Å². The van der Waals surface area contributed by atoms with Gasteiger partial charge in [0.15, 0.2) is 0 Å². The van der Waals surface area contributed by atoms with Gasteiger partial charge >= 0.3 is 5.97 Å². The number of aromatic nitrogens is 1. The molecule has 0 amide bonds. The number of aliphatic carboxylic acids is 1. The van der Waals surface area contributed by atoms with Crippen LogP contribution in [0.4, 0.5) is 0 Å². The van der Waals surface area contributed by atoms with Crippen molar-refractivity contribution in [2.24, 2.45) is 29.6 Å². The molecule has 2 unspecified atom stereocenters. The zero-order valence-corrected chi connectivity index (χ0v) is 20.2. The van der Waals surface area contributed by atoms with Crippen molar-refractivity contribution in [1.82, 2.24) is 10.3 Å². The topological polar surface area (TPSA) is 62.2 Å². The molecule has 1 aliphatic rings. The Balaban J connectivity index is 0.00000240. The average molecular weight is 467 g/mol. The first-order valence-corrected chi connectivity index (χ1v) is 10.9. The van der Waals surface area contributed by atoms with Gasteiger partial charge in [-0.15, -0.1) is 24.8 Å². The summed E-state index contributed by atoms with van der Waals surface area (Å²) in [5, 5.41) is 13.9. The van der Waals surface area contributed by atoms with E-state index in [-0.39, 0.29) is 36.8 Å². The first-order valence-electron chi connectivity index (χ1n) is 10.9. The van der Waals surface area contributed by atoms with Gasteiger partial charge in [-0.1, -0.05) is 63.6 Å². The zero-order chi connectivity index (χ0) is 20.8. The van der Waals surface area contributed by atoms with Crippen LogP contribution in [0.25, 0.3) is 0 Å². The fourth-order valence-electron chi connectivity index (χ4n) is 5.09. The Morgan fingerprint density at radius 1 is 1.06 bits per heavy atom. The first kappa shape index (κ1) is 27.4. The van der Waals surface area contributed by atoms with E-state index in [4.69, 9.17) is 0 Å². The highest BCUT2D eigenvalue weighted by Crippen LogP contribution is 2.45. The Hall–Kier alpha value is -1.62. The third-order valence-electron chi connectivity index (χ3n) is 6.57. The predicted molar refractivity (Wildman–Crippen MR) is 131 cm³/mol. The Labute approximate surface area is 199 Å². The van der Waals surface area contributed by atoms with E-state index < -0.39 is 11.9 Å². The molecule has 0 radical (unpaired) electrons. The van der Waals surface area contributed by atoms with E-state index in [1.807, 2.05) is 48.5 Å². The number of pyridine rings is 1. The summed E-state index contributed by atoms with van der Waals surface area (Å²) in [5.74, 6) is 0.506. The highest BCUT2D eigenvalue weighted by Gasteiger charge is 2.43. The third kappa shape index (κ3) is 7.20. The Bertz CT molecular complexity index is 774. The normalized spacial score (nSPS) is 22.6. The molecule has 2 aromatic rings. The van der Waals surface area contributed by atoms with E-state index in [1.54, 1.807) is 6.20 Å². The van der Waals surface area contributed by atoms with E-state index >= 15 is 0 Å². The van der Waals surface area contributed by atoms with Gasteiger partial charge < -0.3 is 10.4 Å². The minimum absolute atomic E-state index is 0. The summed E-state index contributed by atoms with van der Waals surface area (Å²) in [6.07, 6.45) is 5.08. The van der Waals surface area contributed by atoms with Gasteiger partial charge in [0.2, 0.25) is 0 Å². The van der Waals surface area contributed by atoms with Crippen molar-refractivity contribution in [2.75, 3.05) is 0 Å².